The van der Waals surface area contributed by atoms with Gasteiger partial charge in [0.15, 0.2) is 0 Å². The summed E-state index contributed by atoms with van der Waals surface area (Å²) < 4.78 is 15.0. The largest absolute Gasteiger partial charge is 0.364 e. The van der Waals surface area contributed by atoms with Gasteiger partial charge in [-0.1, -0.05) is 84.9 Å². The first-order valence-electron chi connectivity index (χ1n) is 17.6. The Morgan fingerprint density at radius 3 is 1.59 bits per heavy atom. The van der Waals surface area contributed by atoms with Gasteiger partial charge in [0.25, 0.3) is 0 Å². The molecule has 0 spiro atoms. The molecule has 4 fully saturated rings. The normalized spacial score (nSPS) is 32.5. The number of anilines is 2. The summed E-state index contributed by atoms with van der Waals surface area (Å²) in [4.78, 5) is 61.0. The number of carbonyl (C=O) groups excluding carboxylic acids is 4. The van der Waals surface area contributed by atoms with Gasteiger partial charge in [-0.3, -0.25) is 19.2 Å². The molecule has 4 saturated heterocycles. The molecule has 6 aliphatic rings. The summed E-state index contributed by atoms with van der Waals surface area (Å²) in [6, 6.07) is 28.5. The van der Waals surface area contributed by atoms with E-state index < -0.39 is 53.1 Å². The lowest BCUT2D eigenvalue weighted by atomic mass is 9.54. The van der Waals surface area contributed by atoms with Gasteiger partial charge in [-0.05, 0) is 53.3 Å². The third kappa shape index (κ3) is 3.97. The fourth-order valence-electron chi connectivity index (χ4n) is 10.4. The third-order valence-electron chi connectivity index (χ3n) is 12.4. The van der Waals surface area contributed by atoms with E-state index in [9.17, 15) is 23.6 Å². The van der Waals surface area contributed by atoms with Crippen LogP contribution in [0.2, 0.25) is 0 Å². The van der Waals surface area contributed by atoms with Crippen LogP contribution in [0.5, 0.6) is 0 Å². The van der Waals surface area contributed by atoms with Crippen molar-refractivity contribution in [3.8, 4) is 0 Å². The van der Waals surface area contributed by atoms with E-state index in [1.807, 2.05) is 84.9 Å². The maximum absolute atomic E-state index is 15.0. The highest BCUT2D eigenvalue weighted by Gasteiger charge is 2.78. The average Bonchev–Trinajstić information content (AvgIpc) is 3.85. The molecule has 8 atom stereocenters. The Balaban J connectivity index is 1.14. The predicted molar refractivity (Wildman–Crippen MR) is 186 cm³/mol. The van der Waals surface area contributed by atoms with Gasteiger partial charge in [-0.25, -0.2) is 4.39 Å². The minimum Gasteiger partial charge on any atom is -0.364 e. The Hall–Kier alpha value is -5.71. The molecule has 0 radical (unpaired) electrons. The maximum Gasteiger partial charge on any atom is 0.247 e. The van der Waals surface area contributed by atoms with Crippen LogP contribution in [0.25, 0.3) is 0 Å². The summed E-state index contributed by atoms with van der Waals surface area (Å²) in [6.45, 7) is 0. The zero-order valence-corrected chi connectivity index (χ0v) is 27.5. The lowest BCUT2D eigenvalue weighted by molar-refractivity contribution is -0.149. The van der Waals surface area contributed by atoms with E-state index in [-0.39, 0.29) is 36.5 Å². The zero-order valence-electron chi connectivity index (χ0n) is 27.5. The first-order valence-corrected chi connectivity index (χ1v) is 17.6. The quantitative estimate of drug-likeness (QED) is 0.257. The van der Waals surface area contributed by atoms with Crippen molar-refractivity contribution in [2.45, 2.75) is 73.0 Å². The van der Waals surface area contributed by atoms with E-state index >= 15 is 0 Å². The van der Waals surface area contributed by atoms with E-state index in [1.54, 1.807) is 15.9 Å². The van der Waals surface area contributed by atoms with Gasteiger partial charge >= 0.3 is 0 Å². The first kappa shape index (κ1) is 30.1. The minimum atomic E-state index is -1.04. The van der Waals surface area contributed by atoms with Crippen LogP contribution in [-0.4, -0.2) is 69.9 Å². The summed E-state index contributed by atoms with van der Waals surface area (Å²) in [6.07, 6.45) is -0.318. The van der Waals surface area contributed by atoms with Gasteiger partial charge in [0.05, 0.1) is 10.8 Å². The van der Waals surface area contributed by atoms with Crippen molar-refractivity contribution in [1.29, 1.82) is 0 Å². The van der Waals surface area contributed by atoms with Crippen LogP contribution >= 0.6 is 0 Å². The van der Waals surface area contributed by atoms with E-state index in [0.717, 1.165) is 27.9 Å². The molecule has 10 nitrogen and oxygen atoms in total. The van der Waals surface area contributed by atoms with Crippen LogP contribution in [0.3, 0.4) is 0 Å². The van der Waals surface area contributed by atoms with Crippen molar-refractivity contribution in [1.82, 2.24) is 20.4 Å². The molecule has 0 aliphatic carbocycles. The number of fused-ring (bicyclic) bond motifs is 11. The number of piperazine rings is 2. The van der Waals surface area contributed by atoms with Crippen LogP contribution in [0.4, 0.5) is 15.8 Å². The molecule has 6 aliphatic heterocycles. The molecular weight excluding hydrogens is 647 g/mol. The van der Waals surface area contributed by atoms with Crippen LogP contribution in [0.15, 0.2) is 103 Å². The zero-order chi connectivity index (χ0) is 34.6. The monoisotopic (exact) mass is 682 g/mol. The fourth-order valence-corrected chi connectivity index (χ4v) is 10.4. The standard InChI is InChI=1S/C40H35FN6O4/c41-24-15-16-26-28(19-24)45-38-40(26,21-32-34(49)43-30(36(51)47(32)38)18-23-11-5-2-6-12-23)39-20-31-33(48)42-29(17-22-9-3-1-4-10-22)35(50)46(31)37(39)44-27-14-8-7-13-25(27)39/h1-16,19,29-32,37-38,44-45H,17-18,20-21H2,(H,42,48)(H,43,49)/t29-,30-,31-,32-,37+,38+,39-,40-/m0/s1. The molecule has 10 rings (SSSR count). The van der Waals surface area contributed by atoms with Crippen molar-refractivity contribution in [3.63, 3.8) is 0 Å². The molecule has 4 aromatic rings. The van der Waals surface area contributed by atoms with Crippen molar-refractivity contribution in [2.75, 3.05) is 10.6 Å². The maximum atomic E-state index is 15.0. The lowest BCUT2D eigenvalue weighted by Gasteiger charge is -2.48. The Kier molecular flexibility index (Phi) is 6.29. The molecule has 0 unspecified atom stereocenters. The predicted octanol–water partition coefficient (Wildman–Crippen LogP) is 3.19. The van der Waals surface area contributed by atoms with Crippen molar-refractivity contribution in [2.24, 2.45) is 0 Å². The number of carbonyl (C=O) groups is 4. The van der Waals surface area contributed by atoms with Gasteiger partial charge in [0, 0.05) is 24.2 Å². The van der Waals surface area contributed by atoms with Crippen molar-refractivity contribution in [3.05, 3.63) is 131 Å². The third-order valence-corrected chi connectivity index (χ3v) is 12.4. The Bertz CT molecular complexity index is 2150. The highest BCUT2D eigenvalue weighted by molar-refractivity contribution is 6.01. The SMILES string of the molecule is O=C1N[C@@H](Cc2ccccc2)C(=O)N2[C@H]3Nc4ccccc4[C@@]3([C@]34C[C@H]5C(=O)N[C@@H](Cc6ccccc6)C(=O)N5[C@H]3Nc3cc(F)ccc34)C[C@@H]12. The first-order chi connectivity index (χ1) is 24.8. The Labute approximate surface area is 293 Å². The second-order valence-corrected chi connectivity index (χ2v) is 14.7. The van der Waals surface area contributed by atoms with Gasteiger partial charge in [-0.15, -0.1) is 0 Å². The summed E-state index contributed by atoms with van der Waals surface area (Å²) in [5.74, 6) is -1.35. The molecule has 256 valence electrons. The Morgan fingerprint density at radius 2 is 1.04 bits per heavy atom. The summed E-state index contributed by atoms with van der Waals surface area (Å²) in [7, 11) is 0. The number of hydrogen-bond acceptors (Lipinski definition) is 6. The highest BCUT2D eigenvalue weighted by Crippen LogP contribution is 2.68. The summed E-state index contributed by atoms with van der Waals surface area (Å²) in [5, 5.41) is 13.2. The number of amides is 4. The van der Waals surface area contributed by atoms with Gasteiger partial charge in [0.1, 0.15) is 42.3 Å². The molecule has 6 heterocycles. The number of para-hydroxylation sites is 1. The molecule has 0 aromatic heterocycles. The second-order valence-electron chi connectivity index (χ2n) is 14.7. The van der Waals surface area contributed by atoms with Crippen LogP contribution < -0.4 is 21.3 Å². The van der Waals surface area contributed by atoms with Crippen molar-refractivity contribution < 1.29 is 23.6 Å². The topological polar surface area (TPSA) is 123 Å². The van der Waals surface area contributed by atoms with E-state index in [1.165, 1.54) is 12.1 Å². The number of hydrogen-bond donors (Lipinski definition) is 4. The average molecular weight is 683 g/mol. The van der Waals surface area contributed by atoms with E-state index in [0.29, 0.717) is 18.5 Å². The van der Waals surface area contributed by atoms with Crippen LogP contribution in [0.1, 0.15) is 35.1 Å². The fraction of sp³-hybridized carbons (Fsp3) is 0.300. The van der Waals surface area contributed by atoms with Crippen LogP contribution in [-0.2, 0) is 42.8 Å². The van der Waals surface area contributed by atoms with Crippen LogP contribution in [0, 0.1) is 5.82 Å². The summed E-state index contributed by atoms with van der Waals surface area (Å²) >= 11 is 0. The second kappa shape index (κ2) is 10.6. The van der Waals surface area contributed by atoms with E-state index in [2.05, 4.69) is 21.3 Å². The van der Waals surface area contributed by atoms with Crippen molar-refractivity contribution >= 4 is 35.0 Å². The molecule has 51 heavy (non-hydrogen) atoms. The number of benzene rings is 4. The molecule has 4 amide bonds. The number of nitrogens with one attached hydrogen (secondary N) is 4. The molecule has 4 aromatic carbocycles. The highest BCUT2D eigenvalue weighted by atomic mass is 19.1. The smallest absolute Gasteiger partial charge is 0.247 e. The lowest BCUT2D eigenvalue weighted by Crippen LogP contribution is -2.67. The van der Waals surface area contributed by atoms with E-state index in [4.69, 9.17) is 0 Å². The molecule has 0 saturated carbocycles. The molecule has 4 N–H and O–H groups in total. The number of halogens is 1. The molecule has 11 heteroatoms. The minimum absolute atomic E-state index is 0.193. The summed E-state index contributed by atoms with van der Waals surface area (Å²) in [5.41, 5.74) is 2.85. The van der Waals surface area contributed by atoms with Gasteiger partial charge < -0.3 is 31.1 Å². The molecular formula is C40H35FN6O4. The molecule has 0 bridgehead atoms. The Morgan fingerprint density at radius 1 is 0.569 bits per heavy atom. The number of nitrogens with zero attached hydrogens (tertiary/aromatic N) is 2. The van der Waals surface area contributed by atoms with Gasteiger partial charge in [0.2, 0.25) is 23.6 Å². The van der Waals surface area contributed by atoms with Gasteiger partial charge in [-0.2, -0.15) is 0 Å². The number of rotatable bonds is 5.